The Kier molecular flexibility index (Phi) is 2.86. The Bertz CT molecular complexity index is 471. The molecule has 3 rings (SSSR count). The van der Waals surface area contributed by atoms with Crippen LogP contribution in [-0.2, 0) is 16.6 Å². The number of nitrogens with one attached hydrogen (secondary N) is 2. The number of hydrogen-bond donors (Lipinski definition) is 2. The summed E-state index contributed by atoms with van der Waals surface area (Å²) in [5, 5.41) is 6.07. The van der Waals surface area contributed by atoms with Gasteiger partial charge in [-0.3, -0.25) is 4.79 Å². The molecule has 2 aliphatic carbocycles. The molecule has 2 N–H and O–H groups in total. The summed E-state index contributed by atoms with van der Waals surface area (Å²) >= 11 is 0. The standard InChI is InChI=1S/C15H20N2O/c1-16-8-9-17-14(18)13-10-15(13)7-6-11-4-2-3-5-12(11)15/h2-5,13,16H,6-10H2,1H3,(H,17,18). The summed E-state index contributed by atoms with van der Waals surface area (Å²) < 4.78 is 0. The lowest BCUT2D eigenvalue weighted by Crippen LogP contribution is -2.33. The molecule has 1 spiro atoms. The summed E-state index contributed by atoms with van der Waals surface area (Å²) in [6.07, 6.45) is 3.32. The van der Waals surface area contributed by atoms with Gasteiger partial charge in [0.1, 0.15) is 0 Å². The van der Waals surface area contributed by atoms with E-state index in [0.717, 1.165) is 32.4 Å². The van der Waals surface area contributed by atoms with E-state index in [0.29, 0.717) is 0 Å². The van der Waals surface area contributed by atoms with Gasteiger partial charge >= 0.3 is 0 Å². The Morgan fingerprint density at radius 2 is 2.22 bits per heavy atom. The normalized spacial score (nSPS) is 28.2. The second-order valence-corrected chi connectivity index (χ2v) is 5.46. The maximum absolute atomic E-state index is 12.1. The second-order valence-electron chi connectivity index (χ2n) is 5.46. The van der Waals surface area contributed by atoms with Crippen molar-refractivity contribution in [2.24, 2.45) is 5.92 Å². The molecule has 96 valence electrons. The number of carbonyl (C=O) groups excluding carboxylic acids is 1. The number of rotatable bonds is 4. The van der Waals surface area contributed by atoms with Gasteiger partial charge in [-0.1, -0.05) is 24.3 Å². The number of carbonyl (C=O) groups is 1. The third kappa shape index (κ3) is 1.74. The molecule has 0 radical (unpaired) electrons. The van der Waals surface area contributed by atoms with E-state index in [4.69, 9.17) is 0 Å². The van der Waals surface area contributed by atoms with Crippen molar-refractivity contribution in [3.63, 3.8) is 0 Å². The van der Waals surface area contributed by atoms with Crippen molar-refractivity contribution >= 4 is 5.91 Å². The fourth-order valence-corrected chi connectivity index (χ4v) is 3.37. The summed E-state index contributed by atoms with van der Waals surface area (Å²) in [4.78, 5) is 12.1. The number of amides is 1. The van der Waals surface area contributed by atoms with E-state index in [1.165, 1.54) is 11.1 Å². The second kappa shape index (κ2) is 4.39. The Hall–Kier alpha value is -1.35. The minimum atomic E-state index is 0.181. The van der Waals surface area contributed by atoms with Crippen molar-refractivity contribution in [1.82, 2.24) is 10.6 Å². The smallest absolute Gasteiger partial charge is 0.224 e. The third-order valence-corrected chi connectivity index (χ3v) is 4.46. The van der Waals surface area contributed by atoms with Crippen LogP contribution in [0.4, 0.5) is 0 Å². The monoisotopic (exact) mass is 244 g/mol. The number of likely N-dealkylation sites (N-methyl/N-ethyl adjacent to an activating group) is 1. The van der Waals surface area contributed by atoms with Crippen molar-refractivity contribution < 1.29 is 4.79 Å². The van der Waals surface area contributed by atoms with Gasteiger partial charge in [0.15, 0.2) is 0 Å². The van der Waals surface area contributed by atoms with Crippen molar-refractivity contribution in [3.05, 3.63) is 35.4 Å². The van der Waals surface area contributed by atoms with E-state index in [9.17, 15) is 4.79 Å². The molecule has 0 bridgehead atoms. The zero-order valence-electron chi connectivity index (χ0n) is 10.8. The molecule has 2 aliphatic rings. The van der Waals surface area contributed by atoms with Gasteiger partial charge in [0.2, 0.25) is 5.91 Å². The molecule has 1 amide bonds. The van der Waals surface area contributed by atoms with Crippen LogP contribution in [0.5, 0.6) is 0 Å². The van der Waals surface area contributed by atoms with Crippen LogP contribution in [0.25, 0.3) is 0 Å². The minimum absolute atomic E-state index is 0.181. The summed E-state index contributed by atoms with van der Waals surface area (Å²) in [5.41, 5.74) is 3.06. The molecule has 0 heterocycles. The average Bonchev–Trinajstić information content (AvgIpc) is 3.01. The minimum Gasteiger partial charge on any atom is -0.355 e. The predicted octanol–water partition coefficient (Wildman–Crippen LogP) is 1.23. The molecule has 0 saturated heterocycles. The quantitative estimate of drug-likeness (QED) is 0.782. The molecule has 2 atom stereocenters. The first-order chi connectivity index (χ1) is 8.78. The highest BCUT2D eigenvalue weighted by Crippen LogP contribution is 2.61. The van der Waals surface area contributed by atoms with Gasteiger partial charge < -0.3 is 10.6 Å². The third-order valence-electron chi connectivity index (χ3n) is 4.46. The lowest BCUT2D eigenvalue weighted by Gasteiger charge is -2.11. The zero-order valence-corrected chi connectivity index (χ0v) is 10.8. The molecule has 18 heavy (non-hydrogen) atoms. The van der Waals surface area contributed by atoms with Gasteiger partial charge in [0.05, 0.1) is 0 Å². The fraction of sp³-hybridized carbons (Fsp3) is 0.533. The molecule has 0 aliphatic heterocycles. The maximum atomic E-state index is 12.1. The molecule has 3 heteroatoms. The van der Waals surface area contributed by atoms with Gasteiger partial charge in [0, 0.05) is 24.4 Å². The molecular formula is C15H20N2O. The Balaban J connectivity index is 1.69. The lowest BCUT2D eigenvalue weighted by molar-refractivity contribution is -0.122. The first kappa shape index (κ1) is 11.7. The predicted molar refractivity (Wildman–Crippen MR) is 71.5 cm³/mol. The van der Waals surface area contributed by atoms with Gasteiger partial charge in [-0.05, 0) is 37.4 Å². The van der Waals surface area contributed by atoms with E-state index in [1.807, 2.05) is 7.05 Å². The lowest BCUT2D eigenvalue weighted by atomic mass is 9.95. The maximum Gasteiger partial charge on any atom is 0.224 e. The Labute approximate surface area is 108 Å². The first-order valence-electron chi connectivity index (χ1n) is 6.78. The number of benzene rings is 1. The molecule has 1 aromatic rings. The summed E-state index contributed by atoms with van der Waals surface area (Å²) in [6, 6.07) is 8.62. The van der Waals surface area contributed by atoms with E-state index in [1.54, 1.807) is 0 Å². The SMILES string of the molecule is CNCCNC(=O)C1CC12CCc1ccccc12. The molecule has 3 nitrogen and oxygen atoms in total. The Morgan fingerprint density at radius 3 is 3.06 bits per heavy atom. The van der Waals surface area contributed by atoms with Gasteiger partial charge in [-0.2, -0.15) is 0 Å². The van der Waals surface area contributed by atoms with Crippen LogP contribution in [0.1, 0.15) is 24.0 Å². The molecule has 2 unspecified atom stereocenters. The van der Waals surface area contributed by atoms with Crippen LogP contribution in [-0.4, -0.2) is 26.0 Å². The van der Waals surface area contributed by atoms with Crippen molar-refractivity contribution in [3.8, 4) is 0 Å². The van der Waals surface area contributed by atoms with Crippen LogP contribution >= 0.6 is 0 Å². The molecule has 0 aromatic heterocycles. The largest absolute Gasteiger partial charge is 0.355 e. The summed E-state index contributed by atoms with van der Waals surface area (Å²) in [7, 11) is 1.90. The van der Waals surface area contributed by atoms with E-state index >= 15 is 0 Å². The van der Waals surface area contributed by atoms with Crippen molar-refractivity contribution in [1.29, 1.82) is 0 Å². The van der Waals surface area contributed by atoms with Crippen LogP contribution in [0.15, 0.2) is 24.3 Å². The molecule has 1 fully saturated rings. The van der Waals surface area contributed by atoms with E-state index in [2.05, 4.69) is 34.9 Å². The first-order valence-corrected chi connectivity index (χ1v) is 6.78. The topological polar surface area (TPSA) is 41.1 Å². The molecule has 1 saturated carbocycles. The Morgan fingerprint density at radius 1 is 1.39 bits per heavy atom. The highest BCUT2D eigenvalue weighted by molar-refractivity contribution is 5.85. The van der Waals surface area contributed by atoms with Gasteiger partial charge in [-0.25, -0.2) is 0 Å². The van der Waals surface area contributed by atoms with E-state index in [-0.39, 0.29) is 17.2 Å². The zero-order chi connectivity index (χ0) is 12.6. The van der Waals surface area contributed by atoms with Gasteiger partial charge in [0.25, 0.3) is 0 Å². The van der Waals surface area contributed by atoms with Crippen molar-refractivity contribution in [2.75, 3.05) is 20.1 Å². The van der Waals surface area contributed by atoms with Crippen LogP contribution in [0, 0.1) is 5.92 Å². The van der Waals surface area contributed by atoms with E-state index < -0.39 is 0 Å². The molecule has 1 aromatic carbocycles. The molecular weight excluding hydrogens is 224 g/mol. The average molecular weight is 244 g/mol. The highest BCUT2D eigenvalue weighted by atomic mass is 16.2. The van der Waals surface area contributed by atoms with Crippen LogP contribution < -0.4 is 10.6 Å². The summed E-state index contributed by atoms with van der Waals surface area (Å²) in [6.45, 7) is 1.56. The number of fused-ring (bicyclic) bond motifs is 2. The van der Waals surface area contributed by atoms with Crippen LogP contribution in [0.3, 0.4) is 0 Å². The summed E-state index contributed by atoms with van der Waals surface area (Å²) in [5.74, 6) is 0.444. The fourth-order valence-electron chi connectivity index (χ4n) is 3.37. The van der Waals surface area contributed by atoms with Gasteiger partial charge in [-0.15, -0.1) is 0 Å². The van der Waals surface area contributed by atoms with Crippen LogP contribution in [0.2, 0.25) is 0 Å². The number of hydrogen-bond acceptors (Lipinski definition) is 2. The van der Waals surface area contributed by atoms with Crippen molar-refractivity contribution in [2.45, 2.75) is 24.7 Å². The highest BCUT2D eigenvalue weighted by Gasteiger charge is 2.61. The number of aryl methyl sites for hydroxylation is 1.